The summed E-state index contributed by atoms with van der Waals surface area (Å²) in [4.78, 5) is 26.4. The van der Waals surface area contributed by atoms with E-state index in [-0.39, 0.29) is 10.7 Å². The van der Waals surface area contributed by atoms with Gasteiger partial charge in [-0.3, -0.25) is 19.8 Å². The van der Waals surface area contributed by atoms with Crippen LogP contribution >= 0.6 is 12.2 Å². The summed E-state index contributed by atoms with van der Waals surface area (Å²) >= 11 is 5.19. The van der Waals surface area contributed by atoms with Gasteiger partial charge in [0.05, 0.1) is 5.69 Å². The standard InChI is InChI=1S/C18H16N2O3S/c1-10-6-11(2)8-13(7-10)20-17(22)15(16(21)19-18(20)24)9-14-5-4-12(3)23-14/h4-9H,1-3H3,(H,19,21,24)/b15-9-. The third-order valence-corrected chi connectivity index (χ3v) is 3.90. The highest BCUT2D eigenvalue weighted by Crippen LogP contribution is 2.24. The second-order valence-electron chi connectivity index (χ2n) is 5.75. The minimum atomic E-state index is -0.528. The van der Waals surface area contributed by atoms with E-state index in [4.69, 9.17) is 16.6 Å². The Kier molecular flexibility index (Phi) is 4.07. The van der Waals surface area contributed by atoms with Gasteiger partial charge in [-0.25, -0.2) is 0 Å². The second kappa shape index (κ2) is 6.05. The van der Waals surface area contributed by atoms with Crippen LogP contribution in [0.15, 0.2) is 40.3 Å². The van der Waals surface area contributed by atoms with Gasteiger partial charge in [0.25, 0.3) is 11.8 Å². The fraction of sp³-hybridized carbons (Fsp3) is 0.167. The smallest absolute Gasteiger partial charge is 0.270 e. The van der Waals surface area contributed by atoms with Crippen molar-refractivity contribution in [2.45, 2.75) is 20.8 Å². The third-order valence-electron chi connectivity index (χ3n) is 3.61. The van der Waals surface area contributed by atoms with Crippen LogP contribution in [0.2, 0.25) is 0 Å². The first-order valence-corrected chi connectivity index (χ1v) is 7.82. The molecule has 0 unspecified atom stereocenters. The molecule has 2 heterocycles. The Morgan fingerprint density at radius 1 is 1.08 bits per heavy atom. The average Bonchev–Trinajstić information content (AvgIpc) is 2.87. The van der Waals surface area contributed by atoms with Gasteiger partial charge in [-0.2, -0.15) is 0 Å². The van der Waals surface area contributed by atoms with Crippen LogP contribution in [0.25, 0.3) is 6.08 Å². The summed E-state index contributed by atoms with van der Waals surface area (Å²) in [5.74, 6) is 0.147. The maximum atomic E-state index is 12.8. The highest BCUT2D eigenvalue weighted by atomic mass is 32.1. The van der Waals surface area contributed by atoms with E-state index in [1.54, 1.807) is 19.1 Å². The number of benzene rings is 1. The van der Waals surface area contributed by atoms with Gasteiger partial charge in [0.1, 0.15) is 17.1 Å². The molecule has 1 saturated heterocycles. The predicted octanol–water partition coefficient (Wildman–Crippen LogP) is 3.04. The quantitative estimate of drug-likeness (QED) is 0.518. The van der Waals surface area contributed by atoms with E-state index in [1.807, 2.05) is 32.0 Å². The molecule has 0 atom stereocenters. The van der Waals surface area contributed by atoms with Crippen LogP contribution in [-0.4, -0.2) is 16.9 Å². The molecule has 1 N–H and O–H groups in total. The Balaban J connectivity index is 2.04. The summed E-state index contributed by atoms with van der Waals surface area (Å²) in [7, 11) is 0. The number of hydrogen-bond acceptors (Lipinski definition) is 4. The lowest BCUT2D eigenvalue weighted by molar-refractivity contribution is -0.122. The number of rotatable bonds is 2. The molecule has 1 fully saturated rings. The van der Waals surface area contributed by atoms with E-state index >= 15 is 0 Å². The van der Waals surface area contributed by atoms with E-state index < -0.39 is 11.8 Å². The maximum absolute atomic E-state index is 12.8. The Morgan fingerprint density at radius 2 is 1.75 bits per heavy atom. The lowest BCUT2D eigenvalue weighted by Gasteiger charge is -2.29. The molecule has 0 bridgehead atoms. The van der Waals surface area contributed by atoms with E-state index in [0.29, 0.717) is 17.2 Å². The number of anilines is 1. The van der Waals surface area contributed by atoms with Crippen LogP contribution < -0.4 is 10.2 Å². The number of carbonyl (C=O) groups is 2. The number of thiocarbonyl (C=S) groups is 1. The molecule has 3 rings (SSSR count). The molecule has 0 aliphatic carbocycles. The predicted molar refractivity (Wildman–Crippen MR) is 95.6 cm³/mol. The van der Waals surface area contributed by atoms with Crippen LogP contribution in [0.4, 0.5) is 5.69 Å². The van der Waals surface area contributed by atoms with E-state index in [1.165, 1.54) is 11.0 Å². The van der Waals surface area contributed by atoms with Crippen LogP contribution in [0.1, 0.15) is 22.6 Å². The number of carbonyl (C=O) groups excluding carboxylic acids is 2. The minimum absolute atomic E-state index is 0.0166. The highest BCUT2D eigenvalue weighted by molar-refractivity contribution is 7.80. The van der Waals surface area contributed by atoms with Gasteiger partial charge in [0.15, 0.2) is 5.11 Å². The Hall–Kier alpha value is -2.73. The Morgan fingerprint density at radius 3 is 2.33 bits per heavy atom. The number of nitrogens with zero attached hydrogens (tertiary/aromatic N) is 1. The first kappa shape index (κ1) is 16.1. The van der Waals surface area contributed by atoms with Crippen LogP contribution in [0.5, 0.6) is 0 Å². The molecular weight excluding hydrogens is 324 g/mol. The molecule has 0 radical (unpaired) electrons. The first-order chi connectivity index (χ1) is 11.3. The molecule has 122 valence electrons. The molecule has 6 heteroatoms. The molecule has 1 aliphatic heterocycles. The molecule has 0 spiro atoms. The molecule has 2 amide bonds. The molecule has 1 aliphatic rings. The molecule has 24 heavy (non-hydrogen) atoms. The van der Waals surface area contributed by atoms with Crippen molar-refractivity contribution >= 4 is 40.9 Å². The maximum Gasteiger partial charge on any atom is 0.270 e. The van der Waals surface area contributed by atoms with Crippen molar-refractivity contribution < 1.29 is 14.0 Å². The van der Waals surface area contributed by atoms with Crippen molar-refractivity contribution in [2.75, 3.05) is 4.90 Å². The fourth-order valence-electron chi connectivity index (χ4n) is 2.64. The molecule has 0 saturated carbocycles. The van der Waals surface area contributed by atoms with Crippen LogP contribution in [0, 0.1) is 20.8 Å². The monoisotopic (exact) mass is 340 g/mol. The topological polar surface area (TPSA) is 62.6 Å². The average molecular weight is 340 g/mol. The van der Waals surface area contributed by atoms with Crippen molar-refractivity contribution in [3.05, 3.63) is 58.6 Å². The largest absolute Gasteiger partial charge is 0.462 e. The normalized spacial score (nSPS) is 16.7. The zero-order valence-electron chi connectivity index (χ0n) is 13.5. The van der Waals surface area contributed by atoms with Gasteiger partial charge >= 0.3 is 0 Å². The van der Waals surface area contributed by atoms with Crippen molar-refractivity contribution in [3.8, 4) is 0 Å². The van der Waals surface area contributed by atoms with Gasteiger partial charge in [0, 0.05) is 0 Å². The lowest BCUT2D eigenvalue weighted by Crippen LogP contribution is -2.54. The third kappa shape index (κ3) is 3.00. The summed E-state index contributed by atoms with van der Waals surface area (Å²) in [5, 5.41) is 2.63. The van der Waals surface area contributed by atoms with Gasteiger partial charge in [0.2, 0.25) is 0 Å². The summed E-state index contributed by atoms with van der Waals surface area (Å²) in [6.45, 7) is 5.67. The summed E-state index contributed by atoms with van der Waals surface area (Å²) in [6.07, 6.45) is 1.43. The zero-order valence-corrected chi connectivity index (χ0v) is 14.4. The molecule has 5 nitrogen and oxygen atoms in total. The van der Waals surface area contributed by atoms with Gasteiger partial charge in [-0.1, -0.05) is 6.07 Å². The van der Waals surface area contributed by atoms with Gasteiger partial charge in [-0.15, -0.1) is 0 Å². The first-order valence-electron chi connectivity index (χ1n) is 7.41. The Bertz CT molecular complexity index is 875. The lowest BCUT2D eigenvalue weighted by atomic mass is 10.1. The summed E-state index contributed by atoms with van der Waals surface area (Å²) in [6, 6.07) is 9.18. The second-order valence-corrected chi connectivity index (χ2v) is 6.14. The number of amides is 2. The van der Waals surface area contributed by atoms with E-state index in [0.717, 1.165) is 11.1 Å². The molecule has 2 aromatic rings. The molecule has 1 aromatic heterocycles. The van der Waals surface area contributed by atoms with Crippen molar-refractivity contribution in [3.63, 3.8) is 0 Å². The number of furan rings is 1. The van der Waals surface area contributed by atoms with Crippen molar-refractivity contribution in [1.29, 1.82) is 0 Å². The number of aryl methyl sites for hydroxylation is 3. The summed E-state index contributed by atoms with van der Waals surface area (Å²) in [5.41, 5.74) is 2.62. The Labute approximate surface area is 144 Å². The minimum Gasteiger partial charge on any atom is -0.462 e. The van der Waals surface area contributed by atoms with Crippen molar-refractivity contribution in [1.82, 2.24) is 5.32 Å². The fourth-order valence-corrected chi connectivity index (χ4v) is 2.93. The van der Waals surface area contributed by atoms with Crippen molar-refractivity contribution in [2.24, 2.45) is 0 Å². The van der Waals surface area contributed by atoms with Gasteiger partial charge in [-0.05, 0) is 74.5 Å². The highest BCUT2D eigenvalue weighted by Gasteiger charge is 2.34. The van der Waals surface area contributed by atoms with Crippen LogP contribution in [-0.2, 0) is 9.59 Å². The van der Waals surface area contributed by atoms with E-state index in [2.05, 4.69) is 5.32 Å². The van der Waals surface area contributed by atoms with E-state index in [9.17, 15) is 9.59 Å². The SMILES string of the molecule is Cc1cc(C)cc(N2C(=O)/C(=C\c3ccc(C)o3)C(=O)NC2=S)c1. The number of hydrogen-bond donors (Lipinski definition) is 1. The molecular formula is C18H16N2O3S. The molecule has 1 aromatic carbocycles. The number of nitrogens with one attached hydrogen (secondary N) is 1. The van der Waals surface area contributed by atoms with Gasteiger partial charge < -0.3 is 4.42 Å². The van der Waals surface area contributed by atoms with Crippen LogP contribution in [0.3, 0.4) is 0 Å². The summed E-state index contributed by atoms with van der Waals surface area (Å²) < 4.78 is 5.43. The zero-order chi connectivity index (χ0) is 17.4.